The number of piperidine rings is 1. The molecule has 6 aromatic rings. The number of aromatic hydroxyl groups is 1. The first-order chi connectivity index (χ1) is 28.9. The van der Waals surface area contributed by atoms with Crippen molar-refractivity contribution in [3.05, 3.63) is 107 Å². The van der Waals surface area contributed by atoms with Crippen LogP contribution < -0.4 is 10.2 Å². The number of carbonyl (C=O) groups is 2. The number of nitrogens with zero attached hydrogens (tertiary/aromatic N) is 6. The molecule has 4 atom stereocenters. The van der Waals surface area contributed by atoms with Gasteiger partial charge in [0.2, 0.25) is 11.8 Å². The predicted molar refractivity (Wildman–Crippen MR) is 232 cm³/mol. The highest BCUT2D eigenvalue weighted by atomic mass is 32.1. The van der Waals surface area contributed by atoms with Gasteiger partial charge in [-0.1, -0.05) is 61.5 Å². The number of aliphatic hydroxyl groups is 1. The van der Waals surface area contributed by atoms with Crippen molar-refractivity contribution in [3.8, 4) is 27.4 Å². The van der Waals surface area contributed by atoms with Gasteiger partial charge in [-0.2, -0.15) is 0 Å². The van der Waals surface area contributed by atoms with Gasteiger partial charge < -0.3 is 29.9 Å². The van der Waals surface area contributed by atoms with Gasteiger partial charge in [0, 0.05) is 43.1 Å². The number of aliphatic hydroxyl groups excluding tert-OH is 1. The van der Waals surface area contributed by atoms with Crippen LogP contribution in [0.5, 0.6) is 5.75 Å². The fourth-order valence-electron chi connectivity index (χ4n) is 9.67. The lowest BCUT2D eigenvalue weighted by atomic mass is 9.56. The first kappa shape index (κ1) is 39.8. The number of amides is 2. The van der Waals surface area contributed by atoms with E-state index >= 15 is 0 Å². The number of aryl methyl sites for hydroxylation is 1. The molecule has 2 aliphatic heterocycles. The lowest BCUT2D eigenvalue weighted by Gasteiger charge is -2.52. The normalized spacial score (nSPS) is 20.1. The Hall–Kier alpha value is -5.66. The van der Waals surface area contributed by atoms with Crippen LogP contribution in [-0.2, 0) is 9.59 Å². The fourth-order valence-corrected chi connectivity index (χ4v) is 10.5. The molecule has 2 amide bonds. The number of likely N-dealkylation sites (tertiary alicyclic amines) is 1. The Kier molecular flexibility index (Phi) is 10.7. The molecule has 3 fully saturated rings. The van der Waals surface area contributed by atoms with Crippen molar-refractivity contribution < 1.29 is 24.3 Å². The maximum Gasteiger partial charge on any atom is 0.243 e. The van der Waals surface area contributed by atoms with Crippen LogP contribution in [0, 0.1) is 18.3 Å². The summed E-state index contributed by atoms with van der Waals surface area (Å²) >= 11 is 1.60. The number of thiazole rings is 1. The molecular formula is C47H51N7O5S. The molecule has 2 saturated heterocycles. The van der Waals surface area contributed by atoms with Gasteiger partial charge in [-0.05, 0) is 104 Å². The fraction of sp³-hybridized carbons (Fsp3) is 0.404. The highest BCUT2D eigenvalue weighted by Crippen LogP contribution is 2.57. The monoisotopic (exact) mass is 825 g/mol. The van der Waals surface area contributed by atoms with Crippen molar-refractivity contribution >= 4 is 39.9 Å². The molecule has 9 rings (SSSR count). The molecule has 3 aliphatic rings. The first-order valence-corrected chi connectivity index (χ1v) is 21.9. The zero-order valence-electron chi connectivity index (χ0n) is 34.4. The Bertz CT molecular complexity index is 2520. The number of β-amino-alcohol motifs (C(OH)–C–C–N with tert-alkyl or cyclic N) is 1. The largest absolute Gasteiger partial charge is 0.507 e. The van der Waals surface area contributed by atoms with Crippen molar-refractivity contribution in [2.45, 2.75) is 89.8 Å². The highest BCUT2D eigenvalue weighted by Gasteiger charge is 2.47. The summed E-state index contributed by atoms with van der Waals surface area (Å²) in [6, 6.07) is 24.5. The van der Waals surface area contributed by atoms with Crippen molar-refractivity contribution in [1.82, 2.24) is 30.6 Å². The predicted octanol–water partition coefficient (Wildman–Crippen LogP) is 8.17. The van der Waals surface area contributed by atoms with Crippen molar-refractivity contribution in [2.24, 2.45) is 11.3 Å². The van der Waals surface area contributed by atoms with E-state index in [1.807, 2.05) is 87.8 Å². The van der Waals surface area contributed by atoms with Gasteiger partial charge in [0.1, 0.15) is 17.7 Å². The minimum absolute atomic E-state index is 0.0835. The number of rotatable bonds is 10. The van der Waals surface area contributed by atoms with E-state index in [-0.39, 0.29) is 47.9 Å². The van der Waals surface area contributed by atoms with E-state index in [0.717, 1.165) is 77.2 Å². The second-order valence-corrected chi connectivity index (χ2v) is 18.3. The number of carbonyl (C=O) groups excluding carboxylic acids is 2. The van der Waals surface area contributed by atoms with Crippen LogP contribution in [0.4, 0.5) is 5.82 Å². The van der Waals surface area contributed by atoms with Gasteiger partial charge in [0.15, 0.2) is 11.6 Å². The molecule has 3 aromatic carbocycles. The third kappa shape index (κ3) is 7.64. The van der Waals surface area contributed by atoms with Gasteiger partial charge in [0.25, 0.3) is 0 Å². The number of phenolic OH excluding ortho intramolecular Hbond substituents is 1. The molecule has 60 heavy (non-hydrogen) atoms. The second-order valence-electron chi connectivity index (χ2n) is 17.5. The van der Waals surface area contributed by atoms with Crippen molar-refractivity contribution in [1.29, 1.82) is 0 Å². The van der Waals surface area contributed by atoms with E-state index in [0.29, 0.717) is 22.9 Å². The Morgan fingerprint density at radius 1 is 0.967 bits per heavy atom. The van der Waals surface area contributed by atoms with Gasteiger partial charge in [-0.3, -0.25) is 9.59 Å². The van der Waals surface area contributed by atoms with E-state index in [4.69, 9.17) is 4.52 Å². The Balaban J connectivity index is 0.817. The molecule has 310 valence electrons. The minimum atomic E-state index is -0.801. The number of nitrogens with one attached hydrogen (secondary N) is 1. The van der Waals surface area contributed by atoms with Crippen LogP contribution in [0.3, 0.4) is 0 Å². The quantitative estimate of drug-likeness (QED) is 0.123. The van der Waals surface area contributed by atoms with Crippen LogP contribution in [0.1, 0.15) is 93.3 Å². The summed E-state index contributed by atoms with van der Waals surface area (Å²) in [6.07, 6.45) is 3.72. The first-order valence-electron chi connectivity index (χ1n) is 21.0. The van der Waals surface area contributed by atoms with Crippen LogP contribution in [0.25, 0.3) is 32.6 Å². The zero-order valence-corrected chi connectivity index (χ0v) is 35.2. The lowest BCUT2D eigenvalue weighted by Crippen LogP contribution is -2.48. The molecule has 12 nitrogen and oxygen atoms in total. The average molecular weight is 826 g/mol. The SMILES string of the molecule is Cc1ncsc1-c1ccc([C@H](C)NC(=O)[C@@H]2C[C@@H](O)CN2C(=O)C(c2cc(N3CCC4(CC3)CC(c3ccc5nnc(-c6ccccc6O)cc5c3)C4)no2)C(C)C)cc1. The van der Waals surface area contributed by atoms with Crippen LogP contribution >= 0.6 is 11.3 Å². The van der Waals surface area contributed by atoms with Crippen molar-refractivity contribution in [2.75, 3.05) is 24.5 Å². The highest BCUT2D eigenvalue weighted by molar-refractivity contribution is 7.13. The standard InChI is InChI=1S/C47H51N7O5S/c1-27(2)43(46(58)54-25-35(55)21-39(54)45(57)49-28(3)30-9-11-31(12-10-30)44-29(4)48-26-60-44)41-22-42(52-59-41)53-17-15-47(16-18-53)23-34(24-47)32-13-14-37-33(19-32)20-38(51-50-37)36-7-5-6-8-40(36)56/h5-14,19-20,22,26-28,34-35,39,43,55-56H,15-18,21,23-25H2,1-4H3,(H,49,57)/t28-,35+,39-,43?/m0/s1. The molecule has 0 radical (unpaired) electrons. The number of phenols is 1. The second kappa shape index (κ2) is 16.1. The number of benzene rings is 3. The molecule has 1 saturated carbocycles. The summed E-state index contributed by atoms with van der Waals surface area (Å²) in [5.41, 5.74) is 8.61. The molecule has 3 N–H and O–H groups in total. The zero-order chi connectivity index (χ0) is 41.7. The van der Waals surface area contributed by atoms with E-state index in [9.17, 15) is 19.8 Å². The molecule has 1 unspecified atom stereocenters. The van der Waals surface area contributed by atoms with E-state index in [1.165, 1.54) is 10.5 Å². The molecule has 5 heterocycles. The number of para-hydroxylation sites is 1. The van der Waals surface area contributed by atoms with Crippen LogP contribution in [0.15, 0.2) is 88.9 Å². The molecule has 1 aliphatic carbocycles. The van der Waals surface area contributed by atoms with E-state index < -0.39 is 18.1 Å². The molecule has 3 aromatic heterocycles. The summed E-state index contributed by atoms with van der Waals surface area (Å²) < 4.78 is 5.93. The Morgan fingerprint density at radius 3 is 2.45 bits per heavy atom. The van der Waals surface area contributed by atoms with Crippen LogP contribution in [-0.4, -0.2) is 79.0 Å². The summed E-state index contributed by atoms with van der Waals surface area (Å²) in [6.45, 7) is 9.65. The average Bonchev–Trinajstić information content (AvgIpc) is 4.00. The Morgan fingerprint density at radius 2 is 1.73 bits per heavy atom. The number of aromatic nitrogens is 4. The molecule has 1 spiro atoms. The third-order valence-corrected chi connectivity index (χ3v) is 14.1. The van der Waals surface area contributed by atoms with E-state index in [1.54, 1.807) is 23.5 Å². The number of anilines is 1. The van der Waals surface area contributed by atoms with Gasteiger partial charge >= 0.3 is 0 Å². The van der Waals surface area contributed by atoms with Gasteiger partial charge in [-0.15, -0.1) is 21.5 Å². The lowest BCUT2D eigenvalue weighted by molar-refractivity contribution is -0.141. The topological polar surface area (TPSA) is 158 Å². The van der Waals surface area contributed by atoms with Crippen LogP contribution in [0.2, 0.25) is 0 Å². The van der Waals surface area contributed by atoms with Crippen molar-refractivity contribution in [3.63, 3.8) is 0 Å². The summed E-state index contributed by atoms with van der Waals surface area (Å²) in [5.74, 6) is 0.557. The maximum absolute atomic E-state index is 14.3. The van der Waals surface area contributed by atoms with E-state index in [2.05, 4.69) is 42.7 Å². The molecule has 0 bridgehead atoms. The summed E-state index contributed by atoms with van der Waals surface area (Å²) in [5, 5.41) is 38.5. The van der Waals surface area contributed by atoms with Gasteiger partial charge in [0.05, 0.1) is 39.4 Å². The Labute approximate surface area is 353 Å². The minimum Gasteiger partial charge on any atom is -0.507 e. The summed E-state index contributed by atoms with van der Waals surface area (Å²) in [4.78, 5) is 37.3. The number of hydrogen-bond donors (Lipinski definition) is 3. The summed E-state index contributed by atoms with van der Waals surface area (Å²) in [7, 11) is 0. The smallest absolute Gasteiger partial charge is 0.243 e. The molecule has 13 heteroatoms. The third-order valence-electron chi connectivity index (χ3n) is 13.2. The van der Waals surface area contributed by atoms with Gasteiger partial charge in [-0.25, -0.2) is 4.98 Å². The number of fused-ring (bicyclic) bond motifs is 1. The maximum atomic E-state index is 14.3. The molecular weight excluding hydrogens is 775 g/mol. The number of hydrogen-bond acceptors (Lipinski definition) is 11.